The summed E-state index contributed by atoms with van der Waals surface area (Å²) in [5.74, 6) is -1.19. The van der Waals surface area contributed by atoms with E-state index in [1.165, 1.54) is 0 Å². The number of rotatable bonds is 6. The number of aryl methyl sites for hydroxylation is 2. The number of carbonyl (C=O) groups excluding carboxylic acids is 1. The molecule has 21 heavy (non-hydrogen) atoms. The topological polar surface area (TPSA) is 78.4 Å². The van der Waals surface area contributed by atoms with Crippen LogP contribution in [0.2, 0.25) is 0 Å². The normalized spacial score (nSPS) is 11.8. The lowest BCUT2D eigenvalue weighted by Crippen LogP contribution is -2.30. The van der Waals surface area contributed by atoms with E-state index >= 15 is 0 Å². The van der Waals surface area contributed by atoms with Gasteiger partial charge in [-0.2, -0.15) is 0 Å². The molecule has 116 valence electrons. The minimum Gasteiger partial charge on any atom is -0.481 e. The second-order valence-corrected chi connectivity index (χ2v) is 5.98. The number of anilines is 1. The molecule has 1 aromatic carbocycles. The summed E-state index contributed by atoms with van der Waals surface area (Å²) in [5.41, 5.74) is 2.85. The average molecular weight is 357 g/mol. The lowest BCUT2D eigenvalue weighted by molar-refractivity contribution is -0.141. The number of carboxylic acids is 1. The molecule has 2 amide bonds. The molecule has 6 heteroatoms. The SMILES string of the molecule is Cc1cc(NC(=O)NCCCC(C)C(=O)O)cc(C)c1Br. The van der Waals surface area contributed by atoms with Gasteiger partial charge in [-0.1, -0.05) is 22.9 Å². The number of amides is 2. The molecule has 5 nitrogen and oxygen atoms in total. The summed E-state index contributed by atoms with van der Waals surface area (Å²) in [6, 6.07) is 3.51. The summed E-state index contributed by atoms with van der Waals surface area (Å²) in [6.07, 6.45) is 1.19. The van der Waals surface area contributed by atoms with Crippen LogP contribution < -0.4 is 10.6 Å². The van der Waals surface area contributed by atoms with Gasteiger partial charge in [0.2, 0.25) is 0 Å². The molecule has 0 heterocycles. The monoisotopic (exact) mass is 356 g/mol. The third-order valence-corrected chi connectivity index (χ3v) is 4.47. The maximum absolute atomic E-state index is 11.7. The first-order chi connectivity index (χ1) is 9.81. The van der Waals surface area contributed by atoms with Crippen molar-refractivity contribution in [3.05, 3.63) is 27.7 Å². The molecule has 1 atom stereocenters. The Hall–Kier alpha value is -1.56. The maximum Gasteiger partial charge on any atom is 0.319 e. The highest BCUT2D eigenvalue weighted by atomic mass is 79.9. The van der Waals surface area contributed by atoms with Gasteiger partial charge < -0.3 is 15.7 Å². The summed E-state index contributed by atoms with van der Waals surface area (Å²) in [5, 5.41) is 14.3. The van der Waals surface area contributed by atoms with E-state index in [0.29, 0.717) is 19.4 Å². The van der Waals surface area contributed by atoms with Crippen LogP contribution in [0.5, 0.6) is 0 Å². The first kappa shape index (κ1) is 17.5. The fourth-order valence-electron chi connectivity index (χ4n) is 1.93. The van der Waals surface area contributed by atoms with Crippen molar-refractivity contribution in [2.45, 2.75) is 33.6 Å². The molecular formula is C15H21BrN2O3. The third-order valence-electron chi connectivity index (χ3n) is 3.22. The fraction of sp³-hybridized carbons (Fsp3) is 0.467. The molecule has 0 aliphatic rings. The molecule has 0 fully saturated rings. The molecule has 0 aliphatic heterocycles. The van der Waals surface area contributed by atoms with Crippen LogP contribution in [0, 0.1) is 19.8 Å². The molecule has 1 unspecified atom stereocenters. The van der Waals surface area contributed by atoms with E-state index in [-0.39, 0.29) is 11.9 Å². The Balaban J connectivity index is 2.39. The van der Waals surface area contributed by atoms with E-state index in [2.05, 4.69) is 26.6 Å². The van der Waals surface area contributed by atoms with E-state index in [1.54, 1.807) is 6.92 Å². The van der Waals surface area contributed by atoms with Crippen molar-refractivity contribution in [3.63, 3.8) is 0 Å². The zero-order chi connectivity index (χ0) is 16.0. The van der Waals surface area contributed by atoms with Gasteiger partial charge in [0.1, 0.15) is 0 Å². The predicted octanol–water partition coefficient (Wildman–Crippen LogP) is 3.69. The van der Waals surface area contributed by atoms with Crippen LogP contribution >= 0.6 is 15.9 Å². The second-order valence-electron chi connectivity index (χ2n) is 5.19. The predicted molar refractivity (Wildman–Crippen MR) is 86.7 cm³/mol. The highest BCUT2D eigenvalue weighted by Gasteiger charge is 2.10. The van der Waals surface area contributed by atoms with Crippen molar-refractivity contribution in [2.24, 2.45) is 5.92 Å². The van der Waals surface area contributed by atoms with Gasteiger partial charge in [0.15, 0.2) is 0 Å². The van der Waals surface area contributed by atoms with E-state index < -0.39 is 5.97 Å². The van der Waals surface area contributed by atoms with Gasteiger partial charge in [-0.25, -0.2) is 4.79 Å². The summed E-state index contributed by atoms with van der Waals surface area (Å²) in [6.45, 7) is 6.05. The number of nitrogens with one attached hydrogen (secondary N) is 2. The molecule has 0 saturated heterocycles. The van der Waals surface area contributed by atoms with Gasteiger partial charge in [0.25, 0.3) is 0 Å². The molecule has 3 N–H and O–H groups in total. The molecule has 1 rings (SSSR count). The van der Waals surface area contributed by atoms with Gasteiger partial charge >= 0.3 is 12.0 Å². The van der Waals surface area contributed by atoms with Crippen LogP contribution in [-0.4, -0.2) is 23.7 Å². The number of halogens is 1. The molecular weight excluding hydrogens is 336 g/mol. The van der Waals surface area contributed by atoms with Crippen LogP contribution in [0.3, 0.4) is 0 Å². The van der Waals surface area contributed by atoms with Gasteiger partial charge in [-0.3, -0.25) is 4.79 Å². The summed E-state index contributed by atoms with van der Waals surface area (Å²) < 4.78 is 1.04. The molecule has 0 radical (unpaired) electrons. The molecule has 0 spiro atoms. The number of hydrogen-bond acceptors (Lipinski definition) is 2. The van der Waals surface area contributed by atoms with Gasteiger partial charge in [0.05, 0.1) is 5.92 Å². The Kier molecular flexibility index (Phi) is 6.68. The Morgan fingerprint density at radius 3 is 2.38 bits per heavy atom. The molecule has 0 saturated carbocycles. The highest BCUT2D eigenvalue weighted by Crippen LogP contribution is 2.24. The van der Waals surface area contributed by atoms with Gasteiger partial charge in [0, 0.05) is 16.7 Å². The van der Waals surface area contributed by atoms with Crippen molar-refractivity contribution in [1.82, 2.24) is 5.32 Å². The Labute approximate surface area is 133 Å². The molecule has 0 bridgehead atoms. The minimum atomic E-state index is -0.805. The van der Waals surface area contributed by atoms with Crippen molar-refractivity contribution >= 4 is 33.6 Å². The number of carboxylic acid groups (broad SMARTS) is 1. The molecule has 0 aromatic heterocycles. The Morgan fingerprint density at radius 2 is 1.86 bits per heavy atom. The average Bonchev–Trinajstić information content (AvgIpc) is 2.40. The largest absolute Gasteiger partial charge is 0.481 e. The third kappa shape index (κ3) is 5.75. The Morgan fingerprint density at radius 1 is 1.29 bits per heavy atom. The van der Waals surface area contributed by atoms with E-state index in [4.69, 9.17) is 5.11 Å². The molecule has 1 aromatic rings. The number of carbonyl (C=O) groups is 2. The van der Waals surface area contributed by atoms with Crippen LogP contribution in [-0.2, 0) is 4.79 Å². The fourth-order valence-corrected chi connectivity index (χ4v) is 2.16. The van der Waals surface area contributed by atoms with Crippen LogP contribution in [0.4, 0.5) is 10.5 Å². The van der Waals surface area contributed by atoms with Gasteiger partial charge in [-0.15, -0.1) is 0 Å². The van der Waals surface area contributed by atoms with Crippen molar-refractivity contribution in [2.75, 3.05) is 11.9 Å². The maximum atomic E-state index is 11.7. The van der Waals surface area contributed by atoms with Crippen LogP contribution in [0.1, 0.15) is 30.9 Å². The number of urea groups is 1. The lowest BCUT2D eigenvalue weighted by Gasteiger charge is -2.11. The van der Waals surface area contributed by atoms with E-state index in [9.17, 15) is 9.59 Å². The number of aliphatic carboxylic acids is 1. The minimum absolute atomic E-state index is 0.279. The van der Waals surface area contributed by atoms with Crippen molar-refractivity contribution in [3.8, 4) is 0 Å². The summed E-state index contributed by atoms with van der Waals surface area (Å²) in [4.78, 5) is 22.4. The summed E-state index contributed by atoms with van der Waals surface area (Å²) in [7, 11) is 0. The van der Waals surface area contributed by atoms with E-state index in [1.807, 2.05) is 26.0 Å². The second kappa shape index (κ2) is 8.02. The molecule has 0 aliphatic carbocycles. The number of benzene rings is 1. The van der Waals surface area contributed by atoms with Gasteiger partial charge in [-0.05, 0) is 49.9 Å². The quantitative estimate of drug-likeness (QED) is 0.680. The number of hydrogen-bond donors (Lipinski definition) is 3. The Bertz CT molecular complexity index is 509. The first-order valence-electron chi connectivity index (χ1n) is 6.85. The zero-order valence-electron chi connectivity index (χ0n) is 12.5. The highest BCUT2D eigenvalue weighted by molar-refractivity contribution is 9.10. The van der Waals surface area contributed by atoms with Crippen molar-refractivity contribution < 1.29 is 14.7 Å². The smallest absolute Gasteiger partial charge is 0.319 e. The standard InChI is InChI=1S/C15H21BrN2O3/c1-9(14(19)20)5-4-6-17-15(21)18-12-7-10(2)13(16)11(3)8-12/h7-9H,4-6H2,1-3H3,(H,19,20)(H2,17,18,21). The van der Waals surface area contributed by atoms with Crippen molar-refractivity contribution in [1.29, 1.82) is 0 Å². The first-order valence-corrected chi connectivity index (χ1v) is 7.65. The lowest BCUT2D eigenvalue weighted by atomic mass is 10.1. The van der Waals surface area contributed by atoms with Crippen LogP contribution in [0.25, 0.3) is 0 Å². The van der Waals surface area contributed by atoms with Crippen LogP contribution in [0.15, 0.2) is 16.6 Å². The van der Waals surface area contributed by atoms with E-state index in [0.717, 1.165) is 21.3 Å². The zero-order valence-corrected chi connectivity index (χ0v) is 14.1. The summed E-state index contributed by atoms with van der Waals surface area (Å²) >= 11 is 3.48.